The lowest BCUT2D eigenvalue weighted by Crippen LogP contribution is -2.87. The summed E-state index contributed by atoms with van der Waals surface area (Å²) < 4.78 is 5.72. The summed E-state index contributed by atoms with van der Waals surface area (Å²) in [4.78, 5) is 11.1. The smallest absolute Gasteiger partial charge is 0.137 e. The van der Waals surface area contributed by atoms with Crippen LogP contribution in [0.5, 0.6) is 5.75 Å². The van der Waals surface area contributed by atoms with Crippen LogP contribution < -0.4 is 10.1 Å². The number of ketones is 1. The number of hydrogen-bond donors (Lipinski definition) is 2. The van der Waals surface area contributed by atoms with Gasteiger partial charge in [-0.1, -0.05) is 36.4 Å². The molecule has 4 nitrogen and oxygen atoms in total. The van der Waals surface area contributed by atoms with Crippen LogP contribution in [0.3, 0.4) is 0 Å². The van der Waals surface area contributed by atoms with E-state index in [1.54, 1.807) is 6.92 Å². The van der Waals surface area contributed by atoms with Crippen LogP contribution in [0.25, 0.3) is 0 Å². The third-order valence-corrected chi connectivity index (χ3v) is 5.24. The second kappa shape index (κ2) is 9.67. The van der Waals surface area contributed by atoms with E-state index in [1.807, 2.05) is 24.3 Å². The number of quaternary nitrogens is 1. The number of carbonyl (C=O) groups excluding carboxylic acids is 1. The van der Waals surface area contributed by atoms with Gasteiger partial charge in [-0.3, -0.25) is 0 Å². The molecule has 3 rings (SSSR count). The highest BCUT2D eigenvalue weighted by atomic mass is 16.5. The molecule has 0 aromatic heterocycles. The summed E-state index contributed by atoms with van der Waals surface area (Å²) in [7, 11) is 0. The summed E-state index contributed by atoms with van der Waals surface area (Å²) in [5, 5.41) is 12.5. The Bertz CT molecular complexity index is 742. The maximum absolute atomic E-state index is 11.1. The fraction of sp³-hybridized carbons (Fsp3) is 0.435. The molecule has 2 aromatic rings. The molecule has 2 aromatic carbocycles. The zero-order valence-corrected chi connectivity index (χ0v) is 16.1. The van der Waals surface area contributed by atoms with Crippen molar-refractivity contribution in [2.75, 3.05) is 13.2 Å². The van der Waals surface area contributed by atoms with E-state index in [4.69, 9.17) is 4.74 Å². The molecule has 3 N–H and O–H groups in total. The van der Waals surface area contributed by atoms with E-state index in [0.717, 1.165) is 30.6 Å². The minimum absolute atomic E-state index is 0.204. The van der Waals surface area contributed by atoms with Gasteiger partial charge in [0.25, 0.3) is 0 Å². The number of hydrogen-bond acceptors (Lipinski definition) is 3. The van der Waals surface area contributed by atoms with Gasteiger partial charge in [0.05, 0.1) is 0 Å². The molecule has 0 spiro atoms. The van der Waals surface area contributed by atoms with Crippen LogP contribution in [0, 0.1) is 0 Å². The second-order valence-electron chi connectivity index (χ2n) is 7.48. The van der Waals surface area contributed by atoms with Crippen molar-refractivity contribution in [2.45, 2.75) is 51.2 Å². The van der Waals surface area contributed by atoms with Gasteiger partial charge in [0.2, 0.25) is 0 Å². The molecule has 27 heavy (non-hydrogen) atoms. The summed E-state index contributed by atoms with van der Waals surface area (Å²) in [6.45, 7) is 2.54. The Hall–Kier alpha value is -2.17. The van der Waals surface area contributed by atoms with Crippen molar-refractivity contribution in [1.82, 2.24) is 0 Å². The first-order valence-electron chi connectivity index (χ1n) is 9.92. The van der Waals surface area contributed by atoms with Crippen molar-refractivity contribution < 1.29 is 20.0 Å². The van der Waals surface area contributed by atoms with Crippen LogP contribution in [0.4, 0.5) is 0 Å². The molecule has 0 fully saturated rings. The van der Waals surface area contributed by atoms with Gasteiger partial charge in [-0.15, -0.1) is 0 Å². The van der Waals surface area contributed by atoms with Crippen LogP contribution in [-0.2, 0) is 17.6 Å². The number of benzene rings is 2. The highest BCUT2D eigenvalue weighted by molar-refractivity contribution is 5.75. The predicted octanol–water partition coefficient (Wildman–Crippen LogP) is 2.59. The number of Topliss-reactive ketones (excluding diaryl/α,β-unsaturated/α-hetero) is 1. The fourth-order valence-electron chi connectivity index (χ4n) is 3.69. The Morgan fingerprint density at radius 1 is 1.22 bits per heavy atom. The summed E-state index contributed by atoms with van der Waals surface area (Å²) in [6, 6.07) is 16.9. The van der Waals surface area contributed by atoms with Crippen LogP contribution >= 0.6 is 0 Å². The maximum atomic E-state index is 11.1. The van der Waals surface area contributed by atoms with Crippen molar-refractivity contribution >= 4 is 5.78 Å². The molecule has 4 heteroatoms. The van der Waals surface area contributed by atoms with E-state index >= 15 is 0 Å². The lowest BCUT2D eigenvalue weighted by molar-refractivity contribution is -0.702. The monoisotopic (exact) mass is 368 g/mol. The highest BCUT2D eigenvalue weighted by Gasteiger charge is 2.23. The lowest BCUT2D eigenvalue weighted by Gasteiger charge is -2.24. The van der Waals surface area contributed by atoms with Gasteiger partial charge < -0.3 is 20.0 Å². The lowest BCUT2D eigenvalue weighted by atomic mass is 9.88. The zero-order valence-electron chi connectivity index (χ0n) is 16.1. The van der Waals surface area contributed by atoms with Crippen LogP contribution in [0.15, 0.2) is 48.5 Å². The molecule has 0 aliphatic heterocycles. The topological polar surface area (TPSA) is 63.1 Å². The molecule has 1 aliphatic rings. The Labute approximate surface area is 161 Å². The maximum Gasteiger partial charge on any atom is 0.137 e. The first-order chi connectivity index (χ1) is 13.1. The Kier molecular flexibility index (Phi) is 7.02. The molecule has 2 atom stereocenters. The first kappa shape index (κ1) is 19.6. The minimum Gasteiger partial charge on any atom is -0.491 e. The number of aliphatic hydroxyl groups excluding tert-OH is 1. The number of aryl methyl sites for hydroxylation is 2. The van der Waals surface area contributed by atoms with E-state index in [9.17, 15) is 9.90 Å². The van der Waals surface area contributed by atoms with Crippen molar-refractivity contribution in [1.29, 1.82) is 0 Å². The zero-order chi connectivity index (χ0) is 19.1. The van der Waals surface area contributed by atoms with Gasteiger partial charge in [-0.2, -0.15) is 0 Å². The fourth-order valence-corrected chi connectivity index (χ4v) is 3.69. The summed E-state index contributed by atoms with van der Waals surface area (Å²) in [5.41, 5.74) is 3.99. The molecular weight excluding hydrogens is 338 g/mol. The van der Waals surface area contributed by atoms with Gasteiger partial charge in [-0.05, 0) is 49.4 Å². The van der Waals surface area contributed by atoms with E-state index in [1.165, 1.54) is 17.5 Å². The minimum atomic E-state index is -0.503. The Balaban J connectivity index is 1.42. The van der Waals surface area contributed by atoms with Gasteiger partial charge in [0.15, 0.2) is 0 Å². The molecule has 0 heterocycles. The molecule has 1 aliphatic carbocycles. The highest BCUT2D eigenvalue weighted by Crippen LogP contribution is 2.26. The van der Waals surface area contributed by atoms with E-state index in [-0.39, 0.29) is 12.4 Å². The number of ether oxygens (including phenoxy) is 1. The van der Waals surface area contributed by atoms with Gasteiger partial charge in [-0.25, -0.2) is 0 Å². The quantitative estimate of drug-likeness (QED) is 0.715. The van der Waals surface area contributed by atoms with Crippen molar-refractivity contribution in [2.24, 2.45) is 0 Å². The number of aliphatic hydroxyl groups is 1. The average molecular weight is 368 g/mol. The van der Waals surface area contributed by atoms with Crippen LogP contribution in [-0.4, -0.2) is 30.1 Å². The number of rotatable bonds is 9. The molecule has 0 saturated carbocycles. The van der Waals surface area contributed by atoms with Crippen molar-refractivity contribution in [3.63, 3.8) is 0 Å². The summed E-state index contributed by atoms with van der Waals surface area (Å²) in [5.74, 6) is 0.957. The molecule has 0 radical (unpaired) electrons. The van der Waals surface area contributed by atoms with Gasteiger partial charge >= 0.3 is 0 Å². The van der Waals surface area contributed by atoms with Gasteiger partial charge in [0.1, 0.15) is 36.8 Å². The molecule has 0 saturated heterocycles. The molecule has 0 amide bonds. The third-order valence-electron chi connectivity index (χ3n) is 5.24. The summed E-state index contributed by atoms with van der Waals surface area (Å²) in [6.07, 6.45) is 4.35. The molecular formula is C23H30NO3+. The van der Waals surface area contributed by atoms with E-state index in [0.29, 0.717) is 19.0 Å². The predicted molar refractivity (Wildman–Crippen MR) is 106 cm³/mol. The summed E-state index contributed by atoms with van der Waals surface area (Å²) >= 11 is 0. The van der Waals surface area contributed by atoms with E-state index in [2.05, 4.69) is 29.6 Å². The van der Waals surface area contributed by atoms with Crippen LogP contribution in [0.2, 0.25) is 0 Å². The average Bonchev–Trinajstić information content (AvgIpc) is 2.69. The molecule has 0 unspecified atom stereocenters. The molecule has 144 valence electrons. The largest absolute Gasteiger partial charge is 0.491 e. The van der Waals surface area contributed by atoms with Crippen molar-refractivity contribution in [3.8, 4) is 5.75 Å². The normalized spacial score (nSPS) is 17.2. The number of carbonyl (C=O) groups is 1. The third kappa shape index (κ3) is 5.91. The molecule has 0 bridgehead atoms. The second-order valence-corrected chi connectivity index (χ2v) is 7.48. The van der Waals surface area contributed by atoms with E-state index < -0.39 is 6.10 Å². The van der Waals surface area contributed by atoms with Crippen LogP contribution in [0.1, 0.15) is 48.9 Å². The Morgan fingerprint density at radius 2 is 2.00 bits per heavy atom. The van der Waals surface area contributed by atoms with Crippen molar-refractivity contribution in [3.05, 3.63) is 65.2 Å². The standard InChI is InChI=1S/C23H29NO3/c1-17(25)9-10-18-11-13-21(14-12-18)27-16-20(26)15-24-23-8-4-6-19-5-2-3-7-22(19)23/h2-3,5,7,11-14,20,23-24,26H,4,6,8-10,15-16H2,1H3/p+1/t20-,23-/m0/s1. The number of nitrogens with two attached hydrogens (primary N) is 1. The number of fused-ring (bicyclic) bond motifs is 1. The SMILES string of the molecule is CC(=O)CCc1ccc(OC[C@@H](O)C[NH2+][C@H]2CCCc3ccccc32)cc1. The first-order valence-corrected chi connectivity index (χ1v) is 9.92. The Morgan fingerprint density at radius 3 is 2.78 bits per heavy atom. The van der Waals surface area contributed by atoms with Gasteiger partial charge in [0, 0.05) is 18.4 Å².